The summed E-state index contributed by atoms with van der Waals surface area (Å²) in [4.78, 5) is 2.48. The molecule has 1 fully saturated rings. The Labute approximate surface area is 87.8 Å². The molecule has 0 unspecified atom stereocenters. The summed E-state index contributed by atoms with van der Waals surface area (Å²) in [6.45, 7) is 11.8. The normalized spacial score (nSPS) is 25.7. The van der Waals surface area contributed by atoms with Crippen molar-refractivity contribution in [3.63, 3.8) is 0 Å². The number of rotatable bonds is 3. The molecule has 0 aromatic rings. The summed E-state index contributed by atoms with van der Waals surface area (Å²) >= 11 is 0. The Bertz CT molecular complexity index is 180. The molecule has 0 spiro atoms. The van der Waals surface area contributed by atoms with E-state index < -0.39 is 0 Å². The third-order valence-electron chi connectivity index (χ3n) is 3.28. The summed E-state index contributed by atoms with van der Waals surface area (Å²) in [5.41, 5.74) is 0.0631. The highest BCUT2D eigenvalue weighted by atomic mass is 16.5. The average molecular weight is 200 g/mol. The molecule has 14 heavy (non-hydrogen) atoms. The van der Waals surface area contributed by atoms with Crippen molar-refractivity contribution in [2.45, 2.75) is 45.4 Å². The summed E-state index contributed by atoms with van der Waals surface area (Å²) in [5.74, 6) is 0. The maximum atomic E-state index is 5.81. The number of ether oxygens (including phenoxy) is 1. The Morgan fingerprint density at radius 2 is 2.07 bits per heavy atom. The molecule has 0 bridgehead atoms. The van der Waals surface area contributed by atoms with Gasteiger partial charge in [0, 0.05) is 24.7 Å². The van der Waals surface area contributed by atoms with Crippen LogP contribution in [0.15, 0.2) is 0 Å². The summed E-state index contributed by atoms with van der Waals surface area (Å²) in [5, 5.41) is 3.32. The Morgan fingerprint density at radius 3 is 2.57 bits per heavy atom. The van der Waals surface area contributed by atoms with Crippen LogP contribution in [-0.2, 0) is 4.74 Å². The fourth-order valence-electron chi connectivity index (χ4n) is 1.74. The molecule has 0 aliphatic carbocycles. The average Bonchev–Trinajstić information content (AvgIpc) is 2.18. The minimum atomic E-state index is 0.0631. The second-order valence-corrected chi connectivity index (χ2v) is 4.92. The van der Waals surface area contributed by atoms with Gasteiger partial charge in [0.05, 0.1) is 12.7 Å². The fraction of sp³-hybridized carbons (Fsp3) is 1.00. The molecule has 0 aromatic heterocycles. The van der Waals surface area contributed by atoms with Crippen molar-refractivity contribution >= 4 is 0 Å². The molecule has 84 valence electrons. The molecule has 1 aliphatic heterocycles. The molecule has 0 amide bonds. The van der Waals surface area contributed by atoms with Crippen molar-refractivity contribution in [2.24, 2.45) is 0 Å². The first-order chi connectivity index (χ1) is 6.47. The first-order valence-corrected chi connectivity index (χ1v) is 5.52. The highest BCUT2D eigenvalue weighted by molar-refractivity contribution is 4.90. The van der Waals surface area contributed by atoms with Gasteiger partial charge in [-0.25, -0.2) is 0 Å². The smallest absolute Gasteiger partial charge is 0.0878 e. The van der Waals surface area contributed by atoms with E-state index in [1.54, 1.807) is 0 Å². The standard InChI is InChI=1S/C11H24N2O/c1-9(2)13-6-7-14-10(8-13)11(3,4)12-5/h9-10,12H,6-8H2,1-5H3/t10-/m1/s1. The monoisotopic (exact) mass is 200 g/mol. The van der Waals surface area contributed by atoms with Crippen LogP contribution in [0, 0.1) is 0 Å². The van der Waals surface area contributed by atoms with Crippen molar-refractivity contribution in [3.8, 4) is 0 Å². The van der Waals surface area contributed by atoms with Gasteiger partial charge in [-0.05, 0) is 34.7 Å². The zero-order valence-corrected chi connectivity index (χ0v) is 10.1. The van der Waals surface area contributed by atoms with Gasteiger partial charge in [-0.3, -0.25) is 4.90 Å². The number of hydrogen-bond acceptors (Lipinski definition) is 3. The number of nitrogens with one attached hydrogen (secondary N) is 1. The highest BCUT2D eigenvalue weighted by Crippen LogP contribution is 2.18. The van der Waals surface area contributed by atoms with Crippen LogP contribution in [0.1, 0.15) is 27.7 Å². The molecule has 1 aliphatic rings. The zero-order chi connectivity index (χ0) is 10.8. The number of hydrogen-bond donors (Lipinski definition) is 1. The van der Waals surface area contributed by atoms with E-state index in [1.165, 1.54) is 0 Å². The lowest BCUT2D eigenvalue weighted by Crippen LogP contribution is -2.58. The van der Waals surface area contributed by atoms with Gasteiger partial charge in [-0.2, -0.15) is 0 Å². The van der Waals surface area contributed by atoms with E-state index in [9.17, 15) is 0 Å². The van der Waals surface area contributed by atoms with Crippen molar-refractivity contribution in [2.75, 3.05) is 26.7 Å². The molecule has 0 radical (unpaired) electrons. The molecule has 1 N–H and O–H groups in total. The van der Waals surface area contributed by atoms with Crippen LogP contribution < -0.4 is 5.32 Å². The Kier molecular flexibility index (Phi) is 3.93. The second-order valence-electron chi connectivity index (χ2n) is 4.92. The molecular weight excluding hydrogens is 176 g/mol. The van der Waals surface area contributed by atoms with Crippen LogP contribution in [0.5, 0.6) is 0 Å². The summed E-state index contributed by atoms with van der Waals surface area (Å²) in [6, 6.07) is 0.619. The molecule has 1 heterocycles. The van der Waals surface area contributed by atoms with E-state index in [0.29, 0.717) is 12.1 Å². The van der Waals surface area contributed by atoms with E-state index in [4.69, 9.17) is 4.74 Å². The summed E-state index contributed by atoms with van der Waals surface area (Å²) in [7, 11) is 2.00. The zero-order valence-electron chi connectivity index (χ0n) is 10.1. The van der Waals surface area contributed by atoms with Crippen LogP contribution in [0.25, 0.3) is 0 Å². The fourth-order valence-corrected chi connectivity index (χ4v) is 1.74. The lowest BCUT2D eigenvalue weighted by molar-refractivity contribution is -0.0737. The van der Waals surface area contributed by atoms with Crippen LogP contribution in [0.2, 0.25) is 0 Å². The number of nitrogens with zero attached hydrogens (tertiary/aromatic N) is 1. The molecule has 1 saturated heterocycles. The van der Waals surface area contributed by atoms with Gasteiger partial charge in [0.1, 0.15) is 0 Å². The first kappa shape index (κ1) is 12.0. The van der Waals surface area contributed by atoms with E-state index >= 15 is 0 Å². The summed E-state index contributed by atoms with van der Waals surface area (Å²) in [6.07, 6.45) is 0.295. The Balaban J connectivity index is 2.56. The Hall–Kier alpha value is -0.120. The van der Waals surface area contributed by atoms with Gasteiger partial charge < -0.3 is 10.1 Å². The van der Waals surface area contributed by atoms with Crippen molar-refractivity contribution in [1.82, 2.24) is 10.2 Å². The molecular formula is C11H24N2O. The van der Waals surface area contributed by atoms with Crippen molar-refractivity contribution < 1.29 is 4.74 Å². The highest BCUT2D eigenvalue weighted by Gasteiger charge is 2.33. The molecule has 1 rings (SSSR count). The predicted molar refractivity (Wildman–Crippen MR) is 59.6 cm³/mol. The van der Waals surface area contributed by atoms with Gasteiger partial charge in [-0.1, -0.05) is 0 Å². The minimum absolute atomic E-state index is 0.0631. The maximum absolute atomic E-state index is 5.81. The third kappa shape index (κ3) is 2.69. The number of morpholine rings is 1. The van der Waals surface area contributed by atoms with Crippen LogP contribution >= 0.6 is 0 Å². The molecule has 0 saturated carbocycles. The predicted octanol–water partition coefficient (Wildman–Crippen LogP) is 1.09. The van der Waals surface area contributed by atoms with Gasteiger partial charge in [0.15, 0.2) is 0 Å². The minimum Gasteiger partial charge on any atom is -0.374 e. The van der Waals surface area contributed by atoms with E-state index in [0.717, 1.165) is 19.7 Å². The van der Waals surface area contributed by atoms with Gasteiger partial charge >= 0.3 is 0 Å². The van der Waals surface area contributed by atoms with Gasteiger partial charge in [0.25, 0.3) is 0 Å². The SMILES string of the molecule is CNC(C)(C)[C@H]1CN(C(C)C)CCO1. The topological polar surface area (TPSA) is 24.5 Å². The molecule has 0 aromatic carbocycles. The molecule has 1 atom stereocenters. The van der Waals surface area contributed by atoms with Gasteiger partial charge in [-0.15, -0.1) is 0 Å². The summed E-state index contributed by atoms with van der Waals surface area (Å²) < 4.78 is 5.81. The number of likely N-dealkylation sites (N-methyl/N-ethyl adjacent to an activating group) is 1. The van der Waals surface area contributed by atoms with E-state index in [2.05, 4.69) is 37.9 Å². The molecule has 3 nitrogen and oxygen atoms in total. The quantitative estimate of drug-likeness (QED) is 0.738. The van der Waals surface area contributed by atoms with Gasteiger partial charge in [0.2, 0.25) is 0 Å². The Morgan fingerprint density at radius 1 is 1.43 bits per heavy atom. The largest absolute Gasteiger partial charge is 0.374 e. The van der Waals surface area contributed by atoms with E-state index in [-0.39, 0.29) is 5.54 Å². The molecule has 3 heteroatoms. The second kappa shape index (κ2) is 4.60. The van der Waals surface area contributed by atoms with Crippen molar-refractivity contribution in [3.05, 3.63) is 0 Å². The van der Waals surface area contributed by atoms with E-state index in [1.807, 2.05) is 7.05 Å². The van der Waals surface area contributed by atoms with Crippen LogP contribution in [-0.4, -0.2) is 49.3 Å². The van der Waals surface area contributed by atoms with Crippen LogP contribution in [0.3, 0.4) is 0 Å². The van der Waals surface area contributed by atoms with Crippen molar-refractivity contribution in [1.29, 1.82) is 0 Å². The lowest BCUT2D eigenvalue weighted by atomic mass is 9.95. The lowest BCUT2D eigenvalue weighted by Gasteiger charge is -2.42. The third-order valence-corrected chi connectivity index (χ3v) is 3.28. The maximum Gasteiger partial charge on any atom is 0.0878 e. The first-order valence-electron chi connectivity index (χ1n) is 5.52. The van der Waals surface area contributed by atoms with Crippen LogP contribution in [0.4, 0.5) is 0 Å².